The molecule has 0 saturated heterocycles. The normalized spacial score (nSPS) is 10.8. The molecule has 2 aromatic rings. The Bertz CT molecular complexity index is 631. The zero-order valence-corrected chi connectivity index (χ0v) is 12.9. The zero-order valence-electron chi connectivity index (χ0n) is 12.1. The predicted molar refractivity (Wildman–Crippen MR) is 81.5 cm³/mol. The second-order valence-corrected chi connectivity index (χ2v) is 5.27. The van der Waals surface area contributed by atoms with E-state index < -0.39 is 0 Å². The zero-order chi connectivity index (χ0) is 14.7. The smallest absolute Gasteiger partial charge is 0.168 e. The first kappa shape index (κ1) is 14.8. The topological polar surface area (TPSA) is 34.9 Å². The van der Waals surface area contributed by atoms with Crippen LogP contribution in [0.15, 0.2) is 24.3 Å². The second-order valence-electron chi connectivity index (χ2n) is 4.86. The Morgan fingerprint density at radius 1 is 1.30 bits per heavy atom. The van der Waals surface area contributed by atoms with E-state index >= 15 is 0 Å². The monoisotopic (exact) mass is 290 g/mol. The minimum Gasteiger partial charge on any atom is -0.294 e. The summed E-state index contributed by atoms with van der Waals surface area (Å²) >= 11 is 5.99. The Hall–Kier alpha value is -1.61. The van der Waals surface area contributed by atoms with E-state index in [9.17, 15) is 4.79 Å². The molecule has 0 N–H and O–H groups in total. The summed E-state index contributed by atoms with van der Waals surface area (Å²) in [5, 5.41) is 5.16. The number of nitrogens with zero attached hydrogens (tertiary/aromatic N) is 2. The third-order valence-electron chi connectivity index (χ3n) is 3.40. The Kier molecular flexibility index (Phi) is 4.61. The largest absolute Gasteiger partial charge is 0.294 e. The molecule has 4 heteroatoms. The molecule has 1 aromatic heterocycles. The molecular formula is C16H19ClN2O. The fraction of sp³-hybridized carbons (Fsp3) is 0.375. The van der Waals surface area contributed by atoms with Crippen LogP contribution in [0.1, 0.15) is 41.2 Å². The molecule has 0 aliphatic rings. The number of carbonyl (C=O) groups is 1. The average molecular weight is 291 g/mol. The number of aromatic nitrogens is 2. The third kappa shape index (κ3) is 3.10. The van der Waals surface area contributed by atoms with Crippen molar-refractivity contribution in [2.45, 2.75) is 40.2 Å². The van der Waals surface area contributed by atoms with Gasteiger partial charge in [-0.25, -0.2) is 0 Å². The Labute approximate surface area is 124 Å². The van der Waals surface area contributed by atoms with Crippen LogP contribution in [-0.2, 0) is 19.4 Å². The highest BCUT2D eigenvalue weighted by Crippen LogP contribution is 2.18. The van der Waals surface area contributed by atoms with Crippen molar-refractivity contribution in [1.29, 1.82) is 0 Å². The highest BCUT2D eigenvalue weighted by atomic mass is 35.5. The van der Waals surface area contributed by atoms with Crippen molar-refractivity contribution >= 4 is 17.4 Å². The Balaban J connectivity index is 2.22. The molecule has 0 radical (unpaired) electrons. The molecule has 0 unspecified atom stereocenters. The second kappa shape index (κ2) is 6.23. The Morgan fingerprint density at radius 3 is 2.65 bits per heavy atom. The number of benzene rings is 1. The minimum atomic E-state index is 0.0991. The highest BCUT2D eigenvalue weighted by molar-refractivity contribution is 6.31. The molecule has 106 valence electrons. The summed E-state index contributed by atoms with van der Waals surface area (Å²) in [5.41, 5.74) is 3.63. The van der Waals surface area contributed by atoms with E-state index in [1.807, 2.05) is 30.7 Å². The van der Waals surface area contributed by atoms with Gasteiger partial charge in [0, 0.05) is 22.8 Å². The van der Waals surface area contributed by atoms with Gasteiger partial charge in [-0.05, 0) is 50.1 Å². The third-order valence-corrected chi connectivity index (χ3v) is 3.82. The molecular weight excluding hydrogens is 272 g/mol. The summed E-state index contributed by atoms with van der Waals surface area (Å²) in [6, 6.07) is 7.42. The summed E-state index contributed by atoms with van der Waals surface area (Å²) in [7, 11) is 0. The van der Waals surface area contributed by atoms with Crippen LogP contribution < -0.4 is 0 Å². The lowest BCUT2D eigenvalue weighted by Crippen LogP contribution is -2.09. The van der Waals surface area contributed by atoms with Gasteiger partial charge < -0.3 is 0 Å². The molecule has 0 aliphatic carbocycles. The fourth-order valence-electron chi connectivity index (χ4n) is 2.19. The lowest BCUT2D eigenvalue weighted by Gasteiger charge is -2.05. The van der Waals surface area contributed by atoms with Crippen LogP contribution >= 0.6 is 11.6 Å². The lowest BCUT2D eigenvalue weighted by molar-refractivity contribution is 0.0990. The van der Waals surface area contributed by atoms with E-state index in [-0.39, 0.29) is 5.78 Å². The molecule has 2 rings (SSSR count). The molecule has 1 heterocycles. The van der Waals surface area contributed by atoms with E-state index in [0.717, 1.165) is 29.9 Å². The van der Waals surface area contributed by atoms with Crippen LogP contribution in [0.2, 0.25) is 5.02 Å². The number of carbonyl (C=O) groups excluding carboxylic acids is 1. The van der Waals surface area contributed by atoms with Crippen molar-refractivity contribution in [1.82, 2.24) is 9.78 Å². The van der Waals surface area contributed by atoms with E-state index in [1.165, 1.54) is 0 Å². The van der Waals surface area contributed by atoms with Crippen LogP contribution in [0.3, 0.4) is 0 Å². The fourth-order valence-corrected chi connectivity index (χ4v) is 2.31. The van der Waals surface area contributed by atoms with Crippen molar-refractivity contribution < 1.29 is 4.79 Å². The van der Waals surface area contributed by atoms with Crippen LogP contribution in [0.25, 0.3) is 0 Å². The maximum Gasteiger partial charge on any atom is 0.168 e. The molecule has 0 spiro atoms. The van der Waals surface area contributed by atoms with Crippen molar-refractivity contribution in [3.05, 3.63) is 51.8 Å². The summed E-state index contributed by atoms with van der Waals surface area (Å²) in [5.74, 6) is 0.0991. The minimum absolute atomic E-state index is 0.0991. The molecule has 0 saturated carbocycles. The summed E-state index contributed by atoms with van der Waals surface area (Å²) < 4.78 is 1.90. The molecule has 0 atom stereocenters. The van der Waals surface area contributed by atoms with Gasteiger partial charge in [0.2, 0.25) is 0 Å². The van der Waals surface area contributed by atoms with Gasteiger partial charge in [-0.1, -0.05) is 18.5 Å². The van der Waals surface area contributed by atoms with Crippen molar-refractivity contribution in [2.75, 3.05) is 0 Å². The van der Waals surface area contributed by atoms with E-state index in [0.29, 0.717) is 17.0 Å². The molecule has 0 amide bonds. The standard InChI is InChI=1S/C16H19ClN2O/c1-4-13-9-14(19(5-2)18-13)10-16(20)12-6-7-15(17)11(3)8-12/h6-9H,4-5,10H2,1-3H3. The number of halogens is 1. The van der Waals surface area contributed by atoms with Gasteiger partial charge in [-0.15, -0.1) is 0 Å². The van der Waals surface area contributed by atoms with Gasteiger partial charge in [0.15, 0.2) is 5.78 Å². The number of ketones is 1. The van der Waals surface area contributed by atoms with Gasteiger partial charge in [-0.3, -0.25) is 9.48 Å². The van der Waals surface area contributed by atoms with Crippen molar-refractivity contribution in [3.63, 3.8) is 0 Å². The van der Waals surface area contributed by atoms with E-state index in [1.54, 1.807) is 12.1 Å². The molecule has 3 nitrogen and oxygen atoms in total. The Morgan fingerprint density at radius 2 is 2.05 bits per heavy atom. The molecule has 20 heavy (non-hydrogen) atoms. The molecule has 0 aliphatic heterocycles. The number of hydrogen-bond donors (Lipinski definition) is 0. The highest BCUT2D eigenvalue weighted by Gasteiger charge is 2.13. The maximum absolute atomic E-state index is 12.4. The molecule has 0 fully saturated rings. The van der Waals surface area contributed by atoms with Crippen LogP contribution in [0, 0.1) is 6.92 Å². The first-order valence-electron chi connectivity index (χ1n) is 6.90. The van der Waals surface area contributed by atoms with Gasteiger partial charge in [0.05, 0.1) is 12.1 Å². The quantitative estimate of drug-likeness (QED) is 0.784. The van der Waals surface area contributed by atoms with Crippen LogP contribution in [0.5, 0.6) is 0 Å². The van der Waals surface area contributed by atoms with Gasteiger partial charge in [0.1, 0.15) is 0 Å². The summed E-state index contributed by atoms with van der Waals surface area (Å²) in [6.07, 6.45) is 1.26. The lowest BCUT2D eigenvalue weighted by atomic mass is 10.0. The first-order chi connectivity index (χ1) is 9.55. The van der Waals surface area contributed by atoms with Crippen LogP contribution in [-0.4, -0.2) is 15.6 Å². The SMILES string of the molecule is CCc1cc(CC(=O)c2ccc(Cl)c(C)c2)n(CC)n1. The average Bonchev–Trinajstić information content (AvgIpc) is 2.84. The number of rotatable bonds is 5. The first-order valence-corrected chi connectivity index (χ1v) is 7.27. The van der Waals surface area contributed by atoms with E-state index in [2.05, 4.69) is 12.0 Å². The van der Waals surface area contributed by atoms with Crippen molar-refractivity contribution in [3.8, 4) is 0 Å². The van der Waals surface area contributed by atoms with Crippen LogP contribution in [0.4, 0.5) is 0 Å². The van der Waals surface area contributed by atoms with Crippen molar-refractivity contribution in [2.24, 2.45) is 0 Å². The number of Topliss-reactive ketones (excluding diaryl/α,β-unsaturated/α-hetero) is 1. The number of hydrogen-bond acceptors (Lipinski definition) is 2. The van der Waals surface area contributed by atoms with E-state index in [4.69, 9.17) is 11.6 Å². The maximum atomic E-state index is 12.4. The summed E-state index contributed by atoms with van der Waals surface area (Å²) in [4.78, 5) is 12.4. The molecule has 0 bridgehead atoms. The molecule has 1 aromatic carbocycles. The number of aryl methyl sites for hydroxylation is 3. The van der Waals surface area contributed by atoms with Gasteiger partial charge in [-0.2, -0.15) is 5.10 Å². The van der Waals surface area contributed by atoms with Gasteiger partial charge in [0.25, 0.3) is 0 Å². The predicted octanol–water partition coefficient (Wildman–Crippen LogP) is 3.85. The summed E-state index contributed by atoms with van der Waals surface area (Å²) in [6.45, 7) is 6.79. The van der Waals surface area contributed by atoms with Gasteiger partial charge >= 0.3 is 0 Å².